The van der Waals surface area contributed by atoms with Gasteiger partial charge in [0.1, 0.15) is 0 Å². The van der Waals surface area contributed by atoms with Gasteiger partial charge in [0.05, 0.1) is 0 Å². The van der Waals surface area contributed by atoms with E-state index in [0.29, 0.717) is 3.61 Å². The Balaban J connectivity index is 1.87. The zero-order valence-corrected chi connectivity index (χ0v) is 20.0. The van der Waals surface area contributed by atoms with Crippen LogP contribution in [-0.4, -0.2) is 55.4 Å². The molecular formula is C22H19F4O5STe. The Morgan fingerprint density at radius 1 is 0.848 bits per heavy atom. The standard InChI is InChI=1S/C22H19F4O5STe/c23-21(24,22(25,26)32(28,29)30)13-14-31-16-11-12-19(27)20(15-16)33(17-7-3-1-4-8-17)18-9-5-2-6-10-18/h1-12,15,27H,13-14H2,(H,28,29,30). The average Bonchev–Trinajstić information content (AvgIpc) is 2.76. The first kappa shape index (κ1) is 25.3. The molecule has 5 nitrogen and oxygen atoms in total. The monoisotopic (exact) mass is 601 g/mol. The van der Waals surface area contributed by atoms with E-state index >= 15 is 0 Å². The molecule has 0 unspecified atom stereocenters. The fraction of sp³-hybridized carbons (Fsp3) is 0.182. The van der Waals surface area contributed by atoms with E-state index in [2.05, 4.69) is 0 Å². The van der Waals surface area contributed by atoms with Crippen molar-refractivity contribution >= 4 is 40.5 Å². The van der Waals surface area contributed by atoms with Crippen LogP contribution >= 0.6 is 0 Å². The van der Waals surface area contributed by atoms with Crippen molar-refractivity contribution in [3.63, 3.8) is 0 Å². The zero-order chi connectivity index (χ0) is 24.3. The van der Waals surface area contributed by atoms with Gasteiger partial charge in [-0.05, 0) is 0 Å². The molecule has 0 fully saturated rings. The van der Waals surface area contributed by atoms with Crippen LogP contribution in [-0.2, 0) is 10.1 Å². The van der Waals surface area contributed by atoms with Gasteiger partial charge in [-0.15, -0.1) is 0 Å². The molecule has 0 bridgehead atoms. The Morgan fingerprint density at radius 3 is 1.85 bits per heavy atom. The molecule has 3 aromatic rings. The Labute approximate surface area is 195 Å². The first-order chi connectivity index (χ1) is 15.4. The number of hydrogen-bond donors (Lipinski definition) is 2. The quantitative estimate of drug-likeness (QED) is 0.225. The predicted molar refractivity (Wildman–Crippen MR) is 117 cm³/mol. The van der Waals surface area contributed by atoms with Gasteiger partial charge in [0.2, 0.25) is 0 Å². The molecule has 0 aliphatic carbocycles. The van der Waals surface area contributed by atoms with Crippen LogP contribution < -0.4 is 15.6 Å². The van der Waals surface area contributed by atoms with E-state index in [1.54, 1.807) is 0 Å². The molecule has 0 heterocycles. The molecule has 0 aromatic heterocycles. The van der Waals surface area contributed by atoms with E-state index < -0.39 is 53.9 Å². The number of phenolic OH excluding ortho intramolecular Hbond substituents is 1. The molecule has 0 atom stereocenters. The third kappa shape index (κ3) is 5.61. The molecule has 33 heavy (non-hydrogen) atoms. The minimum atomic E-state index is -6.31. The summed E-state index contributed by atoms with van der Waals surface area (Å²) < 4.78 is 91.6. The van der Waals surface area contributed by atoms with E-state index in [0.717, 1.165) is 7.22 Å². The van der Waals surface area contributed by atoms with E-state index in [1.807, 2.05) is 60.7 Å². The van der Waals surface area contributed by atoms with Crippen LogP contribution in [0.25, 0.3) is 0 Å². The third-order valence-corrected chi connectivity index (χ3v) is 11.9. The van der Waals surface area contributed by atoms with Crippen molar-refractivity contribution in [1.29, 1.82) is 0 Å². The van der Waals surface area contributed by atoms with Crippen molar-refractivity contribution in [2.75, 3.05) is 6.61 Å². The number of rotatable bonds is 9. The van der Waals surface area contributed by atoms with Crippen molar-refractivity contribution in [1.82, 2.24) is 0 Å². The number of phenols is 1. The molecule has 1 radical (unpaired) electrons. The second kappa shape index (κ2) is 9.89. The van der Waals surface area contributed by atoms with Gasteiger partial charge in [-0.2, -0.15) is 0 Å². The van der Waals surface area contributed by atoms with E-state index in [1.165, 1.54) is 18.2 Å². The van der Waals surface area contributed by atoms with Crippen LogP contribution in [0, 0.1) is 0 Å². The van der Waals surface area contributed by atoms with Crippen molar-refractivity contribution < 1.29 is 40.4 Å². The maximum atomic E-state index is 13.7. The molecule has 3 aromatic carbocycles. The fourth-order valence-corrected chi connectivity index (χ4v) is 9.50. The summed E-state index contributed by atoms with van der Waals surface area (Å²) in [6.45, 7) is -0.950. The molecule has 0 aliphatic rings. The van der Waals surface area contributed by atoms with Crippen molar-refractivity contribution in [3.05, 3.63) is 78.9 Å². The van der Waals surface area contributed by atoms with E-state index in [4.69, 9.17) is 9.29 Å². The Morgan fingerprint density at radius 2 is 1.36 bits per heavy atom. The van der Waals surface area contributed by atoms with Crippen LogP contribution in [0.4, 0.5) is 17.6 Å². The maximum absolute atomic E-state index is 13.7. The average molecular weight is 599 g/mol. The van der Waals surface area contributed by atoms with Gasteiger partial charge in [-0.25, -0.2) is 0 Å². The number of benzene rings is 3. The summed E-state index contributed by atoms with van der Waals surface area (Å²) in [4.78, 5) is 0. The summed E-state index contributed by atoms with van der Waals surface area (Å²) in [6, 6.07) is 23.0. The van der Waals surface area contributed by atoms with E-state index in [9.17, 15) is 31.1 Å². The fourth-order valence-electron chi connectivity index (χ4n) is 2.88. The molecule has 3 rings (SSSR count). The Bertz CT molecular complexity index is 1150. The first-order valence-corrected chi connectivity index (χ1v) is 14.4. The molecule has 11 heteroatoms. The van der Waals surface area contributed by atoms with Gasteiger partial charge >= 0.3 is 195 Å². The van der Waals surface area contributed by atoms with E-state index in [-0.39, 0.29) is 11.5 Å². The Kier molecular flexibility index (Phi) is 7.58. The van der Waals surface area contributed by atoms with Gasteiger partial charge in [0, 0.05) is 0 Å². The topological polar surface area (TPSA) is 83.8 Å². The second-order valence-electron chi connectivity index (χ2n) is 6.86. The number of alkyl halides is 4. The summed E-state index contributed by atoms with van der Waals surface area (Å²) >= 11 is -2.60. The molecule has 0 saturated heterocycles. The van der Waals surface area contributed by atoms with Gasteiger partial charge in [0.25, 0.3) is 0 Å². The van der Waals surface area contributed by atoms with Crippen molar-refractivity contribution in [2.45, 2.75) is 17.6 Å². The molecule has 0 amide bonds. The normalized spacial score (nSPS) is 12.7. The number of hydrogen-bond acceptors (Lipinski definition) is 4. The number of ether oxygens (including phenoxy) is 1. The third-order valence-electron chi connectivity index (χ3n) is 4.54. The summed E-state index contributed by atoms with van der Waals surface area (Å²) in [6.07, 6.45) is -1.66. The SMILES string of the molecule is O=S(=O)(O)C(F)(F)C(F)(F)CCOc1ccc(O)c([Te](c2ccccc2)c2ccccc2)c1. The van der Waals surface area contributed by atoms with Crippen LogP contribution in [0.5, 0.6) is 11.5 Å². The number of halogens is 4. The van der Waals surface area contributed by atoms with Crippen LogP contribution in [0.15, 0.2) is 78.9 Å². The van der Waals surface area contributed by atoms with Crippen LogP contribution in [0.3, 0.4) is 0 Å². The second-order valence-corrected chi connectivity index (χ2v) is 14.0. The Hall–Kier alpha value is -2.32. The molecule has 177 valence electrons. The summed E-state index contributed by atoms with van der Waals surface area (Å²) in [7, 11) is -6.31. The molecule has 0 aliphatic heterocycles. The van der Waals surface area contributed by atoms with Crippen molar-refractivity contribution in [2.24, 2.45) is 0 Å². The molecule has 0 saturated carbocycles. The van der Waals surface area contributed by atoms with Gasteiger partial charge < -0.3 is 0 Å². The van der Waals surface area contributed by atoms with Gasteiger partial charge in [0.15, 0.2) is 0 Å². The zero-order valence-electron chi connectivity index (χ0n) is 16.9. The van der Waals surface area contributed by atoms with Gasteiger partial charge in [-0.1, -0.05) is 0 Å². The van der Waals surface area contributed by atoms with Crippen LogP contribution in [0.2, 0.25) is 0 Å². The minimum absolute atomic E-state index is 0.0186. The summed E-state index contributed by atoms with van der Waals surface area (Å²) in [5, 5.41) is 4.90. The molecular weight excluding hydrogens is 580 g/mol. The number of aromatic hydroxyl groups is 1. The predicted octanol–water partition coefficient (Wildman–Crippen LogP) is 2.79. The summed E-state index contributed by atoms with van der Waals surface area (Å²) in [5.41, 5.74) is 0. The van der Waals surface area contributed by atoms with Crippen molar-refractivity contribution in [3.8, 4) is 11.5 Å². The molecule has 0 spiro atoms. The first-order valence-electron chi connectivity index (χ1n) is 9.47. The molecule has 2 N–H and O–H groups in total. The van der Waals surface area contributed by atoms with Crippen LogP contribution in [0.1, 0.15) is 6.42 Å². The van der Waals surface area contributed by atoms with Gasteiger partial charge in [-0.3, -0.25) is 0 Å². The summed E-state index contributed by atoms with van der Waals surface area (Å²) in [5.74, 6) is -5.02.